The fourth-order valence-corrected chi connectivity index (χ4v) is 2.29. The van der Waals surface area contributed by atoms with Crippen LogP contribution in [-0.2, 0) is 0 Å². The summed E-state index contributed by atoms with van der Waals surface area (Å²) in [5.41, 5.74) is 0.702. The first-order chi connectivity index (χ1) is 9.13. The second-order valence-electron chi connectivity index (χ2n) is 5.14. The molecule has 96 valence electrons. The minimum Gasteiger partial charge on any atom is -0.294 e. The fraction of sp³-hybridized carbons (Fsp3) is 0.294. The highest BCUT2D eigenvalue weighted by molar-refractivity contribution is 6.01. The molecule has 0 heterocycles. The number of nitriles is 1. The number of hydrogen-bond acceptors (Lipinski definition) is 2. The molecule has 0 saturated carbocycles. The molecule has 0 aromatic heterocycles. The number of rotatable bonds is 4. The predicted molar refractivity (Wildman–Crippen MR) is 76.8 cm³/mol. The van der Waals surface area contributed by atoms with Crippen molar-refractivity contribution in [3.63, 3.8) is 0 Å². The van der Waals surface area contributed by atoms with Gasteiger partial charge in [-0.3, -0.25) is 4.79 Å². The van der Waals surface area contributed by atoms with Gasteiger partial charge < -0.3 is 0 Å². The number of nitrogens with zero attached hydrogens (tertiary/aromatic N) is 1. The Morgan fingerprint density at radius 3 is 2.47 bits per heavy atom. The van der Waals surface area contributed by atoms with Gasteiger partial charge in [0.2, 0.25) is 0 Å². The van der Waals surface area contributed by atoms with Gasteiger partial charge in [0.1, 0.15) is 0 Å². The van der Waals surface area contributed by atoms with Gasteiger partial charge in [-0.2, -0.15) is 5.26 Å². The van der Waals surface area contributed by atoms with Gasteiger partial charge in [-0.15, -0.1) is 0 Å². The van der Waals surface area contributed by atoms with Crippen LogP contribution in [0.25, 0.3) is 10.8 Å². The second kappa shape index (κ2) is 5.67. The molecule has 2 aromatic carbocycles. The summed E-state index contributed by atoms with van der Waals surface area (Å²) in [7, 11) is 0. The number of carbonyl (C=O) groups excluding carboxylic acids is 1. The minimum absolute atomic E-state index is 0.0716. The number of ketones is 1. The molecule has 0 fully saturated rings. The summed E-state index contributed by atoms with van der Waals surface area (Å²) in [4.78, 5) is 12.5. The summed E-state index contributed by atoms with van der Waals surface area (Å²) in [6, 6.07) is 15.8. The monoisotopic (exact) mass is 251 g/mol. The van der Waals surface area contributed by atoms with Crippen LogP contribution in [0.4, 0.5) is 0 Å². The SMILES string of the molecule is CC(C)C(CC#N)C(=O)c1ccc2ccccc2c1. The van der Waals surface area contributed by atoms with Crippen LogP contribution in [0, 0.1) is 23.2 Å². The topological polar surface area (TPSA) is 40.9 Å². The summed E-state index contributed by atoms with van der Waals surface area (Å²) in [6.07, 6.45) is 0.281. The van der Waals surface area contributed by atoms with Crippen molar-refractivity contribution in [2.24, 2.45) is 11.8 Å². The Kier molecular flexibility index (Phi) is 3.97. The molecule has 0 radical (unpaired) electrons. The van der Waals surface area contributed by atoms with Crippen LogP contribution < -0.4 is 0 Å². The number of fused-ring (bicyclic) bond motifs is 1. The zero-order chi connectivity index (χ0) is 13.8. The molecule has 0 saturated heterocycles. The molecule has 2 aromatic rings. The van der Waals surface area contributed by atoms with Gasteiger partial charge in [0.15, 0.2) is 5.78 Å². The zero-order valence-electron chi connectivity index (χ0n) is 11.3. The van der Waals surface area contributed by atoms with Crippen LogP contribution in [0.5, 0.6) is 0 Å². The number of hydrogen-bond donors (Lipinski definition) is 0. The molecule has 0 amide bonds. The Hall–Kier alpha value is -2.14. The standard InChI is InChI=1S/C17H17NO/c1-12(2)16(9-10-18)17(19)15-8-7-13-5-3-4-6-14(13)11-15/h3-8,11-12,16H,9H2,1-2H3. The van der Waals surface area contributed by atoms with Crippen molar-refractivity contribution in [2.75, 3.05) is 0 Å². The Bertz CT molecular complexity index is 637. The predicted octanol–water partition coefficient (Wildman–Crippen LogP) is 4.21. The first-order valence-electron chi connectivity index (χ1n) is 6.53. The van der Waals surface area contributed by atoms with Gasteiger partial charge >= 0.3 is 0 Å². The molecular formula is C17H17NO. The zero-order valence-corrected chi connectivity index (χ0v) is 11.3. The Morgan fingerprint density at radius 2 is 1.84 bits per heavy atom. The Balaban J connectivity index is 2.38. The van der Waals surface area contributed by atoms with Gasteiger partial charge in [-0.1, -0.05) is 50.2 Å². The van der Waals surface area contributed by atoms with E-state index in [1.54, 1.807) is 0 Å². The van der Waals surface area contributed by atoms with Gasteiger partial charge in [-0.25, -0.2) is 0 Å². The first kappa shape index (κ1) is 13.3. The highest BCUT2D eigenvalue weighted by Gasteiger charge is 2.23. The quantitative estimate of drug-likeness (QED) is 0.764. The maximum Gasteiger partial charge on any atom is 0.167 e. The lowest BCUT2D eigenvalue weighted by atomic mass is 9.85. The maximum absolute atomic E-state index is 12.5. The third-order valence-electron chi connectivity index (χ3n) is 3.49. The van der Waals surface area contributed by atoms with Gasteiger partial charge in [0, 0.05) is 17.9 Å². The summed E-state index contributed by atoms with van der Waals surface area (Å²) in [6.45, 7) is 3.97. The summed E-state index contributed by atoms with van der Waals surface area (Å²) < 4.78 is 0. The third-order valence-corrected chi connectivity index (χ3v) is 3.49. The molecule has 2 rings (SSSR count). The molecule has 19 heavy (non-hydrogen) atoms. The third kappa shape index (κ3) is 2.82. The minimum atomic E-state index is -0.217. The average molecular weight is 251 g/mol. The van der Waals surface area contributed by atoms with E-state index in [-0.39, 0.29) is 24.0 Å². The van der Waals surface area contributed by atoms with E-state index in [0.717, 1.165) is 10.8 Å². The fourth-order valence-electron chi connectivity index (χ4n) is 2.29. The van der Waals surface area contributed by atoms with E-state index < -0.39 is 0 Å². The maximum atomic E-state index is 12.5. The number of benzene rings is 2. The summed E-state index contributed by atoms with van der Waals surface area (Å²) in [5, 5.41) is 11.0. The molecule has 0 spiro atoms. The van der Waals surface area contributed by atoms with E-state index in [9.17, 15) is 4.79 Å². The lowest BCUT2D eigenvalue weighted by Crippen LogP contribution is -2.20. The Morgan fingerprint density at radius 1 is 1.16 bits per heavy atom. The molecular weight excluding hydrogens is 234 g/mol. The first-order valence-corrected chi connectivity index (χ1v) is 6.53. The number of carbonyl (C=O) groups is 1. The lowest BCUT2D eigenvalue weighted by molar-refractivity contribution is 0.0889. The van der Waals surface area contributed by atoms with E-state index in [1.807, 2.05) is 56.3 Å². The van der Waals surface area contributed by atoms with Crippen molar-refractivity contribution in [2.45, 2.75) is 20.3 Å². The van der Waals surface area contributed by atoms with Crippen molar-refractivity contribution in [3.05, 3.63) is 48.0 Å². The molecule has 2 heteroatoms. The molecule has 0 aliphatic rings. The van der Waals surface area contributed by atoms with Crippen molar-refractivity contribution in [1.82, 2.24) is 0 Å². The Labute approximate surface area is 113 Å². The van der Waals surface area contributed by atoms with Crippen LogP contribution in [0.2, 0.25) is 0 Å². The normalized spacial score (nSPS) is 12.3. The largest absolute Gasteiger partial charge is 0.294 e. The highest BCUT2D eigenvalue weighted by Crippen LogP contribution is 2.23. The van der Waals surface area contributed by atoms with Crippen molar-refractivity contribution in [3.8, 4) is 6.07 Å². The molecule has 0 aliphatic heterocycles. The second-order valence-corrected chi connectivity index (χ2v) is 5.14. The van der Waals surface area contributed by atoms with Gasteiger partial charge in [-0.05, 0) is 22.8 Å². The van der Waals surface area contributed by atoms with E-state index in [4.69, 9.17) is 5.26 Å². The average Bonchev–Trinajstić information content (AvgIpc) is 2.43. The van der Waals surface area contributed by atoms with Crippen molar-refractivity contribution >= 4 is 16.6 Å². The smallest absolute Gasteiger partial charge is 0.167 e. The van der Waals surface area contributed by atoms with E-state index in [0.29, 0.717) is 5.56 Å². The van der Waals surface area contributed by atoms with Gasteiger partial charge in [0.25, 0.3) is 0 Å². The molecule has 1 unspecified atom stereocenters. The van der Waals surface area contributed by atoms with E-state index in [2.05, 4.69) is 6.07 Å². The van der Waals surface area contributed by atoms with Crippen LogP contribution >= 0.6 is 0 Å². The molecule has 1 atom stereocenters. The molecule has 0 aliphatic carbocycles. The van der Waals surface area contributed by atoms with E-state index in [1.165, 1.54) is 0 Å². The van der Waals surface area contributed by atoms with Crippen molar-refractivity contribution in [1.29, 1.82) is 5.26 Å². The summed E-state index contributed by atoms with van der Waals surface area (Å²) in [5.74, 6) is 0.0343. The van der Waals surface area contributed by atoms with Crippen LogP contribution in [0.3, 0.4) is 0 Å². The molecule has 0 N–H and O–H groups in total. The van der Waals surface area contributed by atoms with Crippen LogP contribution in [-0.4, -0.2) is 5.78 Å². The molecule has 0 bridgehead atoms. The van der Waals surface area contributed by atoms with Crippen molar-refractivity contribution < 1.29 is 4.79 Å². The van der Waals surface area contributed by atoms with E-state index >= 15 is 0 Å². The van der Waals surface area contributed by atoms with Crippen LogP contribution in [0.1, 0.15) is 30.6 Å². The lowest BCUT2D eigenvalue weighted by Gasteiger charge is -2.16. The molecule has 2 nitrogen and oxygen atoms in total. The summed E-state index contributed by atoms with van der Waals surface area (Å²) >= 11 is 0. The highest BCUT2D eigenvalue weighted by atomic mass is 16.1. The van der Waals surface area contributed by atoms with Gasteiger partial charge in [0.05, 0.1) is 6.07 Å². The van der Waals surface area contributed by atoms with Crippen LogP contribution in [0.15, 0.2) is 42.5 Å². The number of Topliss-reactive ketones (excluding diaryl/α,β-unsaturated/α-hetero) is 1.